The van der Waals surface area contributed by atoms with E-state index >= 15 is 0 Å². The van der Waals surface area contributed by atoms with Crippen molar-refractivity contribution >= 4 is 34.8 Å². The second kappa shape index (κ2) is 7.23. The molecule has 90 valence electrons. The highest BCUT2D eigenvalue weighted by Gasteiger charge is 2.09. The van der Waals surface area contributed by atoms with Gasteiger partial charge in [-0.3, -0.25) is 0 Å². The van der Waals surface area contributed by atoms with Gasteiger partial charge in [0, 0.05) is 0 Å². The average molecular weight is 283 g/mol. The predicted octanol–water partition coefficient (Wildman–Crippen LogP) is 4.03. The second-order valence-corrected chi connectivity index (χ2v) is 4.50. The zero-order chi connectivity index (χ0) is 12.0. The molecule has 16 heavy (non-hydrogen) atoms. The lowest BCUT2D eigenvalue weighted by Gasteiger charge is -2.09. The van der Waals surface area contributed by atoms with Crippen molar-refractivity contribution < 1.29 is 4.74 Å². The molecule has 0 bridgehead atoms. The molecule has 0 heterocycles. The summed E-state index contributed by atoms with van der Waals surface area (Å²) in [7, 11) is 1.93. The lowest BCUT2D eigenvalue weighted by atomic mass is 10.3. The normalized spacial score (nSPS) is 10.5. The van der Waals surface area contributed by atoms with Crippen molar-refractivity contribution in [1.82, 2.24) is 5.32 Å². The van der Waals surface area contributed by atoms with E-state index in [0.717, 1.165) is 19.4 Å². The first-order chi connectivity index (χ1) is 7.66. The van der Waals surface area contributed by atoms with E-state index in [1.807, 2.05) is 7.05 Å². The number of unbranched alkanes of at least 4 members (excludes halogenated alkanes) is 1. The minimum absolute atomic E-state index is 0.344. The molecule has 5 heteroatoms. The summed E-state index contributed by atoms with van der Waals surface area (Å²) < 4.78 is 5.52. The van der Waals surface area contributed by atoms with Gasteiger partial charge in [-0.05, 0) is 38.6 Å². The molecular formula is C11H14Cl3NO. The minimum Gasteiger partial charge on any atom is -0.492 e. The highest BCUT2D eigenvalue weighted by atomic mass is 35.5. The summed E-state index contributed by atoms with van der Waals surface area (Å²) in [6.45, 7) is 1.61. The maximum absolute atomic E-state index is 5.98. The molecule has 0 spiro atoms. The van der Waals surface area contributed by atoms with E-state index in [-0.39, 0.29) is 0 Å². The van der Waals surface area contributed by atoms with Crippen molar-refractivity contribution in [2.45, 2.75) is 12.8 Å². The van der Waals surface area contributed by atoms with Crippen LogP contribution in [-0.4, -0.2) is 20.2 Å². The third kappa shape index (κ3) is 4.02. The van der Waals surface area contributed by atoms with Gasteiger partial charge in [0.05, 0.1) is 16.7 Å². The van der Waals surface area contributed by atoms with E-state index in [4.69, 9.17) is 39.5 Å². The fourth-order valence-electron chi connectivity index (χ4n) is 1.21. The molecule has 1 aromatic rings. The zero-order valence-corrected chi connectivity index (χ0v) is 11.3. The maximum atomic E-state index is 5.98. The molecule has 2 nitrogen and oxygen atoms in total. The Balaban J connectivity index is 2.45. The number of benzene rings is 1. The number of ether oxygens (including phenoxy) is 1. The molecule has 0 aliphatic heterocycles. The Bertz CT molecular complexity index is 344. The summed E-state index contributed by atoms with van der Waals surface area (Å²) in [4.78, 5) is 0. The fraction of sp³-hybridized carbons (Fsp3) is 0.455. The number of hydrogen-bond donors (Lipinski definition) is 1. The molecule has 0 saturated carbocycles. The molecular weight excluding hydrogens is 268 g/mol. The van der Waals surface area contributed by atoms with Crippen LogP contribution in [0.3, 0.4) is 0 Å². The van der Waals surface area contributed by atoms with Crippen molar-refractivity contribution in [3.8, 4) is 5.75 Å². The van der Waals surface area contributed by atoms with Crippen molar-refractivity contribution in [3.05, 3.63) is 27.2 Å². The molecule has 0 fully saturated rings. The highest BCUT2D eigenvalue weighted by Crippen LogP contribution is 2.37. The van der Waals surface area contributed by atoms with Crippen LogP contribution < -0.4 is 10.1 Å². The van der Waals surface area contributed by atoms with E-state index < -0.39 is 0 Å². The molecule has 1 rings (SSSR count). The number of halogens is 3. The summed E-state index contributed by atoms with van der Waals surface area (Å²) in [6, 6.07) is 3.41. The van der Waals surface area contributed by atoms with E-state index in [1.54, 1.807) is 12.1 Å². The van der Waals surface area contributed by atoms with Crippen LogP contribution in [0, 0.1) is 0 Å². The Labute approximate surface area is 111 Å². The zero-order valence-electron chi connectivity index (χ0n) is 9.03. The summed E-state index contributed by atoms with van der Waals surface area (Å²) in [5.74, 6) is 0.584. The first-order valence-corrected chi connectivity index (χ1v) is 6.21. The van der Waals surface area contributed by atoms with Crippen molar-refractivity contribution in [2.75, 3.05) is 20.2 Å². The topological polar surface area (TPSA) is 21.3 Å². The summed E-state index contributed by atoms with van der Waals surface area (Å²) in [6.07, 6.45) is 2.03. The number of rotatable bonds is 6. The van der Waals surface area contributed by atoms with Gasteiger partial charge in [-0.2, -0.15) is 0 Å². The Kier molecular flexibility index (Phi) is 6.29. The highest BCUT2D eigenvalue weighted by molar-refractivity contribution is 6.48. The molecule has 0 unspecified atom stereocenters. The van der Waals surface area contributed by atoms with Gasteiger partial charge >= 0.3 is 0 Å². The third-order valence-corrected chi connectivity index (χ3v) is 3.35. The number of hydrogen-bond acceptors (Lipinski definition) is 2. The first-order valence-electron chi connectivity index (χ1n) is 5.07. The van der Waals surface area contributed by atoms with Crippen LogP contribution in [0.15, 0.2) is 12.1 Å². The molecule has 0 aromatic heterocycles. The molecule has 0 aliphatic carbocycles. The predicted molar refractivity (Wildman–Crippen MR) is 70.1 cm³/mol. The summed E-state index contributed by atoms with van der Waals surface area (Å²) in [5, 5.41) is 4.23. The summed E-state index contributed by atoms with van der Waals surface area (Å²) >= 11 is 17.7. The largest absolute Gasteiger partial charge is 0.492 e. The standard InChI is InChI=1S/C11H14Cl3NO/c1-15-6-2-3-7-16-9-5-4-8(12)10(13)11(9)14/h4-5,15H,2-3,6-7H2,1H3. The molecule has 0 radical (unpaired) electrons. The monoisotopic (exact) mass is 281 g/mol. The van der Waals surface area contributed by atoms with Crippen LogP contribution in [0.5, 0.6) is 5.75 Å². The second-order valence-electron chi connectivity index (χ2n) is 3.33. The van der Waals surface area contributed by atoms with Gasteiger partial charge in [0.2, 0.25) is 0 Å². The van der Waals surface area contributed by atoms with Gasteiger partial charge in [-0.15, -0.1) is 0 Å². The SMILES string of the molecule is CNCCCCOc1ccc(Cl)c(Cl)c1Cl. The maximum Gasteiger partial charge on any atom is 0.139 e. The smallest absolute Gasteiger partial charge is 0.139 e. The van der Waals surface area contributed by atoms with Crippen LogP contribution >= 0.6 is 34.8 Å². The Hall–Kier alpha value is -0.150. The average Bonchev–Trinajstić information content (AvgIpc) is 2.28. The molecule has 0 aliphatic rings. The van der Waals surface area contributed by atoms with E-state index in [2.05, 4.69) is 5.32 Å². The van der Waals surface area contributed by atoms with Crippen LogP contribution in [0.25, 0.3) is 0 Å². The van der Waals surface area contributed by atoms with E-state index in [0.29, 0.717) is 27.4 Å². The molecule has 0 atom stereocenters. The van der Waals surface area contributed by atoms with Gasteiger partial charge < -0.3 is 10.1 Å². The van der Waals surface area contributed by atoms with Crippen LogP contribution in [0.1, 0.15) is 12.8 Å². The van der Waals surface area contributed by atoms with E-state index in [1.165, 1.54) is 0 Å². The van der Waals surface area contributed by atoms with Crippen molar-refractivity contribution in [3.63, 3.8) is 0 Å². The lowest BCUT2D eigenvalue weighted by molar-refractivity contribution is 0.306. The van der Waals surface area contributed by atoms with Gasteiger partial charge in [0.1, 0.15) is 10.8 Å². The molecule has 0 amide bonds. The Morgan fingerprint density at radius 1 is 1.12 bits per heavy atom. The van der Waals surface area contributed by atoms with E-state index in [9.17, 15) is 0 Å². The third-order valence-electron chi connectivity index (χ3n) is 2.08. The van der Waals surface area contributed by atoms with Crippen LogP contribution in [0.2, 0.25) is 15.1 Å². The van der Waals surface area contributed by atoms with Crippen LogP contribution in [0.4, 0.5) is 0 Å². The Morgan fingerprint density at radius 2 is 1.88 bits per heavy atom. The van der Waals surface area contributed by atoms with Crippen molar-refractivity contribution in [2.24, 2.45) is 0 Å². The van der Waals surface area contributed by atoms with Gasteiger partial charge in [-0.1, -0.05) is 34.8 Å². The molecule has 1 N–H and O–H groups in total. The molecule has 0 saturated heterocycles. The van der Waals surface area contributed by atoms with Gasteiger partial charge in [-0.25, -0.2) is 0 Å². The number of nitrogens with one attached hydrogen (secondary N) is 1. The van der Waals surface area contributed by atoms with Crippen molar-refractivity contribution in [1.29, 1.82) is 0 Å². The summed E-state index contributed by atoms with van der Waals surface area (Å²) in [5.41, 5.74) is 0. The van der Waals surface area contributed by atoms with Gasteiger partial charge in [0.25, 0.3) is 0 Å². The fourth-order valence-corrected chi connectivity index (χ4v) is 1.79. The van der Waals surface area contributed by atoms with Gasteiger partial charge in [0.15, 0.2) is 0 Å². The molecule has 1 aromatic carbocycles. The van der Waals surface area contributed by atoms with Crippen LogP contribution in [-0.2, 0) is 0 Å². The first kappa shape index (κ1) is 13.9. The minimum atomic E-state index is 0.344. The Morgan fingerprint density at radius 3 is 2.56 bits per heavy atom. The lowest BCUT2D eigenvalue weighted by Crippen LogP contribution is -2.09. The quantitative estimate of drug-likeness (QED) is 0.628.